The molecule has 0 rings (SSSR count). The number of carbonyl (C=O) groups is 1. The van der Waals surface area contributed by atoms with Crippen LogP contribution in [0, 0.1) is 17.2 Å². The number of hydrogen-bond donors (Lipinski definition) is 0. The smallest absolute Gasteiger partial charge is 0.121 e. The lowest BCUT2D eigenvalue weighted by Crippen LogP contribution is -1.90. The third-order valence-electron chi connectivity index (χ3n) is 0.800. The van der Waals surface area contributed by atoms with E-state index in [2.05, 4.69) is 6.58 Å². The van der Waals surface area contributed by atoms with E-state index in [-0.39, 0.29) is 12.3 Å². The van der Waals surface area contributed by atoms with Crippen LogP contribution in [0.3, 0.4) is 0 Å². The van der Waals surface area contributed by atoms with Gasteiger partial charge in [0, 0.05) is 6.42 Å². The minimum absolute atomic E-state index is 0.264. The molecule has 1 unspecified atom stereocenters. The van der Waals surface area contributed by atoms with Crippen molar-refractivity contribution in [3.8, 4) is 6.07 Å². The molecule has 42 valence electrons. The van der Waals surface area contributed by atoms with Crippen LogP contribution in [0.25, 0.3) is 0 Å². The number of carbonyl (C=O) groups excluding carboxylic acids is 1. The van der Waals surface area contributed by atoms with E-state index in [0.717, 1.165) is 6.29 Å². The van der Waals surface area contributed by atoms with Gasteiger partial charge in [-0.3, -0.25) is 0 Å². The fourth-order valence-corrected chi connectivity index (χ4v) is 0.305. The first kappa shape index (κ1) is 6.90. The third kappa shape index (κ3) is 2.14. The third-order valence-corrected chi connectivity index (χ3v) is 0.800. The Morgan fingerprint density at radius 1 is 1.88 bits per heavy atom. The minimum atomic E-state index is -0.299. The van der Waals surface area contributed by atoms with Crippen LogP contribution >= 0.6 is 0 Å². The minimum Gasteiger partial charge on any atom is -0.303 e. The normalized spacial score (nSPS) is 11.4. The molecular formula is C6H7NO. The molecule has 0 bridgehead atoms. The second-order valence-corrected chi connectivity index (χ2v) is 1.37. The van der Waals surface area contributed by atoms with E-state index >= 15 is 0 Å². The Hall–Kier alpha value is -1.10. The summed E-state index contributed by atoms with van der Waals surface area (Å²) in [6.45, 7) is 3.37. The second kappa shape index (κ2) is 4.07. The second-order valence-electron chi connectivity index (χ2n) is 1.37. The van der Waals surface area contributed by atoms with E-state index in [9.17, 15) is 4.79 Å². The largest absolute Gasteiger partial charge is 0.303 e. The molecule has 0 aromatic heterocycles. The summed E-state index contributed by atoms with van der Waals surface area (Å²) in [4.78, 5) is 9.73. The van der Waals surface area contributed by atoms with Gasteiger partial charge >= 0.3 is 0 Å². The Balaban J connectivity index is 3.56. The van der Waals surface area contributed by atoms with E-state index in [1.54, 1.807) is 0 Å². The number of nitrogens with zero attached hydrogens (tertiary/aromatic N) is 1. The van der Waals surface area contributed by atoms with Gasteiger partial charge in [-0.25, -0.2) is 0 Å². The van der Waals surface area contributed by atoms with Gasteiger partial charge in [-0.15, -0.1) is 6.58 Å². The molecule has 0 radical (unpaired) electrons. The van der Waals surface area contributed by atoms with Gasteiger partial charge in [-0.2, -0.15) is 5.26 Å². The molecule has 2 heteroatoms. The standard InChI is InChI=1S/C6H7NO/c1-2-6(5-7)3-4-8/h2,4,6H,1,3H2. The Morgan fingerprint density at radius 2 is 2.50 bits per heavy atom. The highest BCUT2D eigenvalue weighted by Crippen LogP contribution is 1.97. The molecule has 0 amide bonds. The number of aldehydes is 1. The van der Waals surface area contributed by atoms with Crippen molar-refractivity contribution in [3.05, 3.63) is 12.7 Å². The maximum Gasteiger partial charge on any atom is 0.121 e. The van der Waals surface area contributed by atoms with Gasteiger partial charge in [0.1, 0.15) is 6.29 Å². The molecule has 0 spiro atoms. The summed E-state index contributed by atoms with van der Waals surface area (Å²) < 4.78 is 0. The average molecular weight is 109 g/mol. The summed E-state index contributed by atoms with van der Waals surface area (Å²) in [5.41, 5.74) is 0. The van der Waals surface area contributed by atoms with Crippen LogP contribution in [0.5, 0.6) is 0 Å². The molecule has 0 saturated heterocycles. The maximum absolute atomic E-state index is 9.73. The Morgan fingerprint density at radius 3 is 2.62 bits per heavy atom. The molecule has 0 aromatic carbocycles. The fraction of sp³-hybridized carbons (Fsp3) is 0.333. The monoisotopic (exact) mass is 109 g/mol. The molecule has 8 heavy (non-hydrogen) atoms. The molecule has 0 aliphatic heterocycles. The molecule has 0 heterocycles. The Kier molecular flexibility index (Phi) is 3.51. The van der Waals surface area contributed by atoms with Crippen LogP contribution in [0.1, 0.15) is 6.42 Å². The van der Waals surface area contributed by atoms with E-state index < -0.39 is 0 Å². The Labute approximate surface area is 48.4 Å². The molecule has 2 nitrogen and oxygen atoms in total. The molecule has 0 N–H and O–H groups in total. The summed E-state index contributed by atoms with van der Waals surface area (Å²) in [7, 11) is 0. The van der Waals surface area contributed by atoms with E-state index in [1.165, 1.54) is 6.08 Å². The first-order valence-corrected chi connectivity index (χ1v) is 2.31. The molecule has 0 aliphatic carbocycles. The highest BCUT2D eigenvalue weighted by Gasteiger charge is 1.96. The zero-order chi connectivity index (χ0) is 6.41. The molecule has 0 fully saturated rings. The first-order valence-electron chi connectivity index (χ1n) is 2.31. The predicted molar refractivity (Wildman–Crippen MR) is 30.0 cm³/mol. The van der Waals surface area contributed by atoms with Crippen LogP contribution in [0.15, 0.2) is 12.7 Å². The van der Waals surface area contributed by atoms with Gasteiger partial charge in [0.2, 0.25) is 0 Å². The SMILES string of the molecule is C=CC(C#N)CC=O. The van der Waals surface area contributed by atoms with Crippen molar-refractivity contribution >= 4 is 6.29 Å². The summed E-state index contributed by atoms with van der Waals surface area (Å²) in [5, 5.41) is 8.18. The predicted octanol–water partition coefficient (Wildman–Crippen LogP) is 0.901. The van der Waals surface area contributed by atoms with Crippen molar-refractivity contribution in [2.45, 2.75) is 6.42 Å². The number of rotatable bonds is 3. The van der Waals surface area contributed by atoms with Crippen LogP contribution < -0.4 is 0 Å². The summed E-state index contributed by atoms with van der Waals surface area (Å²) >= 11 is 0. The van der Waals surface area contributed by atoms with Crippen molar-refractivity contribution < 1.29 is 4.79 Å². The summed E-state index contributed by atoms with van der Waals surface area (Å²) in [6.07, 6.45) is 2.45. The summed E-state index contributed by atoms with van der Waals surface area (Å²) in [5.74, 6) is -0.299. The molecule has 0 aromatic rings. The lowest BCUT2D eigenvalue weighted by Gasteiger charge is -1.89. The zero-order valence-electron chi connectivity index (χ0n) is 4.50. The van der Waals surface area contributed by atoms with Crippen molar-refractivity contribution in [2.75, 3.05) is 0 Å². The van der Waals surface area contributed by atoms with Gasteiger partial charge in [-0.05, 0) is 0 Å². The molecule has 0 aliphatic rings. The van der Waals surface area contributed by atoms with Crippen molar-refractivity contribution in [2.24, 2.45) is 5.92 Å². The number of hydrogen-bond acceptors (Lipinski definition) is 2. The van der Waals surface area contributed by atoms with Gasteiger partial charge in [0.25, 0.3) is 0 Å². The van der Waals surface area contributed by atoms with E-state index in [0.29, 0.717) is 0 Å². The van der Waals surface area contributed by atoms with Crippen molar-refractivity contribution in [1.29, 1.82) is 5.26 Å². The maximum atomic E-state index is 9.73. The highest BCUT2D eigenvalue weighted by molar-refractivity contribution is 5.51. The van der Waals surface area contributed by atoms with Crippen molar-refractivity contribution in [1.82, 2.24) is 0 Å². The van der Waals surface area contributed by atoms with E-state index in [4.69, 9.17) is 5.26 Å². The lowest BCUT2D eigenvalue weighted by atomic mass is 10.1. The number of nitriles is 1. The fourth-order valence-electron chi connectivity index (χ4n) is 0.305. The topological polar surface area (TPSA) is 40.9 Å². The van der Waals surface area contributed by atoms with Gasteiger partial charge in [0.05, 0.1) is 12.0 Å². The molecule has 1 atom stereocenters. The zero-order valence-corrected chi connectivity index (χ0v) is 4.50. The summed E-state index contributed by atoms with van der Waals surface area (Å²) in [6, 6.07) is 1.90. The van der Waals surface area contributed by atoms with Crippen LogP contribution in [0.2, 0.25) is 0 Å². The molecule has 0 saturated carbocycles. The quantitative estimate of drug-likeness (QED) is 0.399. The van der Waals surface area contributed by atoms with Gasteiger partial charge < -0.3 is 4.79 Å². The van der Waals surface area contributed by atoms with Gasteiger partial charge in [-0.1, -0.05) is 6.08 Å². The lowest BCUT2D eigenvalue weighted by molar-refractivity contribution is -0.108. The van der Waals surface area contributed by atoms with Crippen LogP contribution in [-0.4, -0.2) is 6.29 Å². The molecular weight excluding hydrogens is 102 g/mol. The van der Waals surface area contributed by atoms with Crippen LogP contribution in [0.4, 0.5) is 0 Å². The first-order chi connectivity index (χ1) is 3.85. The van der Waals surface area contributed by atoms with Crippen LogP contribution in [-0.2, 0) is 4.79 Å². The van der Waals surface area contributed by atoms with E-state index in [1.807, 2.05) is 6.07 Å². The highest BCUT2D eigenvalue weighted by atomic mass is 16.1. The Bertz CT molecular complexity index is 123. The average Bonchev–Trinajstić information content (AvgIpc) is 1.83. The number of allylic oxidation sites excluding steroid dienone is 1. The van der Waals surface area contributed by atoms with Gasteiger partial charge in [0.15, 0.2) is 0 Å². The van der Waals surface area contributed by atoms with Crippen molar-refractivity contribution in [3.63, 3.8) is 0 Å².